The number of nitrogens with one attached hydrogen (secondary N) is 2. The van der Waals surface area contributed by atoms with Crippen molar-refractivity contribution in [1.29, 1.82) is 5.41 Å². The van der Waals surface area contributed by atoms with E-state index >= 15 is 0 Å². The molecule has 1 fully saturated rings. The summed E-state index contributed by atoms with van der Waals surface area (Å²) < 4.78 is 45.5. The highest BCUT2D eigenvalue weighted by atomic mass is 32.2. The lowest BCUT2D eigenvalue weighted by Crippen LogP contribution is -2.58. The summed E-state index contributed by atoms with van der Waals surface area (Å²) in [5, 5.41) is 13.6. The van der Waals surface area contributed by atoms with Gasteiger partial charge in [0, 0.05) is 11.3 Å². The van der Waals surface area contributed by atoms with Crippen LogP contribution in [0.1, 0.15) is 33.5 Å². The van der Waals surface area contributed by atoms with Gasteiger partial charge in [-0.25, -0.2) is 4.98 Å². The van der Waals surface area contributed by atoms with Gasteiger partial charge in [-0.05, 0) is 17.7 Å². The fourth-order valence-corrected chi connectivity index (χ4v) is 3.93. The summed E-state index contributed by atoms with van der Waals surface area (Å²) in [6.07, 6.45) is -3.49. The summed E-state index contributed by atoms with van der Waals surface area (Å²) >= 11 is 1.07. The molecule has 0 bridgehead atoms. The number of nitrogens with zero attached hydrogens (tertiary/aromatic N) is 3. The molecule has 4 N–H and O–H groups in total. The third-order valence-corrected chi connectivity index (χ3v) is 5.70. The second-order valence-electron chi connectivity index (χ2n) is 6.85. The summed E-state index contributed by atoms with van der Waals surface area (Å²) in [6, 6.07) is 8.16. The summed E-state index contributed by atoms with van der Waals surface area (Å²) in [5.74, 6) is -4.33. The fourth-order valence-electron chi connectivity index (χ4n) is 3.04. The fraction of sp³-hybridized carbons (Fsp3) is 0.211. The minimum Gasteiger partial charge on any atom is -0.459 e. The standard InChI is InChI=1S/C19H15F3N6O3S/c20-19(21,22)12-13(25-16(12)29)15-26-18(28(27-15)17(30)11-2-1-7-31-11)32-8-9-3-5-10(6-4-9)14(23)24/h1-7,12-13H,8H2,(H3,23,24)(H,25,29). The van der Waals surface area contributed by atoms with E-state index in [1.54, 1.807) is 24.3 Å². The van der Waals surface area contributed by atoms with E-state index in [2.05, 4.69) is 15.4 Å². The van der Waals surface area contributed by atoms with Crippen molar-refractivity contribution >= 4 is 29.4 Å². The highest BCUT2D eigenvalue weighted by Crippen LogP contribution is 2.41. The molecule has 3 aromatic rings. The molecular weight excluding hydrogens is 449 g/mol. The van der Waals surface area contributed by atoms with Crippen molar-refractivity contribution in [3.05, 3.63) is 65.4 Å². The van der Waals surface area contributed by atoms with E-state index in [-0.39, 0.29) is 22.6 Å². The van der Waals surface area contributed by atoms with E-state index in [0.717, 1.165) is 22.0 Å². The SMILES string of the molecule is N=C(N)c1ccc(CSc2nc(C3NC(=O)C3C(F)(F)F)nn2C(=O)c2ccco2)cc1. The van der Waals surface area contributed by atoms with Crippen molar-refractivity contribution in [3.63, 3.8) is 0 Å². The Bertz CT molecular complexity index is 1170. The first kappa shape index (κ1) is 21.6. The highest BCUT2D eigenvalue weighted by molar-refractivity contribution is 7.98. The molecule has 1 amide bonds. The van der Waals surface area contributed by atoms with Crippen LogP contribution in [0.5, 0.6) is 0 Å². The van der Waals surface area contributed by atoms with Crippen molar-refractivity contribution < 1.29 is 27.2 Å². The molecule has 1 aliphatic rings. The number of carbonyl (C=O) groups is 2. The highest BCUT2D eigenvalue weighted by Gasteiger charge is 2.58. The minimum atomic E-state index is -4.77. The molecule has 2 unspecified atom stereocenters. The molecule has 4 rings (SSSR count). The van der Waals surface area contributed by atoms with Crippen LogP contribution in [-0.2, 0) is 10.5 Å². The number of halogens is 3. The van der Waals surface area contributed by atoms with Crippen LogP contribution in [0.25, 0.3) is 0 Å². The topological polar surface area (TPSA) is 140 Å². The third-order valence-electron chi connectivity index (χ3n) is 4.70. The lowest BCUT2D eigenvalue weighted by Gasteiger charge is -2.35. The van der Waals surface area contributed by atoms with Gasteiger partial charge in [-0.1, -0.05) is 36.0 Å². The summed E-state index contributed by atoms with van der Waals surface area (Å²) in [6.45, 7) is 0. The third kappa shape index (κ3) is 4.10. The van der Waals surface area contributed by atoms with Crippen molar-refractivity contribution in [2.24, 2.45) is 11.7 Å². The van der Waals surface area contributed by atoms with E-state index in [0.29, 0.717) is 11.3 Å². The molecule has 0 radical (unpaired) electrons. The van der Waals surface area contributed by atoms with Gasteiger partial charge in [0.05, 0.1) is 6.26 Å². The number of benzene rings is 1. The van der Waals surface area contributed by atoms with Crippen LogP contribution in [0.4, 0.5) is 13.2 Å². The van der Waals surface area contributed by atoms with Gasteiger partial charge in [0.15, 0.2) is 22.7 Å². The Morgan fingerprint density at radius 2 is 2.00 bits per heavy atom. The first-order chi connectivity index (χ1) is 15.1. The molecule has 32 heavy (non-hydrogen) atoms. The molecule has 166 valence electrons. The number of nitrogen functional groups attached to an aromatic ring is 1. The summed E-state index contributed by atoms with van der Waals surface area (Å²) in [7, 11) is 0. The lowest BCUT2D eigenvalue weighted by molar-refractivity contribution is -0.205. The molecular formula is C19H15F3N6O3S. The van der Waals surface area contributed by atoms with Crippen LogP contribution in [0, 0.1) is 11.3 Å². The van der Waals surface area contributed by atoms with Crippen molar-refractivity contribution in [2.45, 2.75) is 23.1 Å². The van der Waals surface area contributed by atoms with E-state index in [1.807, 2.05) is 0 Å². The number of nitrogens with two attached hydrogens (primary N) is 1. The molecule has 2 aromatic heterocycles. The normalized spacial score (nSPS) is 18.2. The smallest absolute Gasteiger partial charge is 0.402 e. The van der Waals surface area contributed by atoms with Crippen LogP contribution in [0.15, 0.2) is 52.2 Å². The predicted octanol–water partition coefficient (Wildman–Crippen LogP) is 2.49. The van der Waals surface area contributed by atoms with Crippen LogP contribution >= 0.6 is 11.8 Å². The van der Waals surface area contributed by atoms with Gasteiger partial charge < -0.3 is 15.5 Å². The van der Waals surface area contributed by atoms with Gasteiger partial charge >= 0.3 is 12.1 Å². The van der Waals surface area contributed by atoms with Gasteiger partial charge in [0.25, 0.3) is 0 Å². The Labute approximate surface area is 182 Å². The number of hydrogen-bond acceptors (Lipinski definition) is 7. The predicted molar refractivity (Wildman–Crippen MR) is 106 cm³/mol. The van der Waals surface area contributed by atoms with Gasteiger partial charge in [0.2, 0.25) is 5.91 Å². The number of β-lactam (4-membered cyclic amide) rings is 1. The monoisotopic (exact) mass is 464 g/mol. The second-order valence-corrected chi connectivity index (χ2v) is 7.79. The van der Waals surface area contributed by atoms with Crippen LogP contribution in [-0.4, -0.2) is 38.6 Å². The molecule has 1 aromatic carbocycles. The molecule has 3 heterocycles. The number of aromatic nitrogens is 3. The Balaban J connectivity index is 1.62. The maximum atomic E-state index is 13.2. The van der Waals surface area contributed by atoms with Crippen LogP contribution in [0.3, 0.4) is 0 Å². The second kappa shape index (κ2) is 8.15. The van der Waals surface area contributed by atoms with E-state index < -0.39 is 30.0 Å². The zero-order valence-electron chi connectivity index (χ0n) is 16.1. The zero-order chi connectivity index (χ0) is 23.0. The lowest BCUT2D eigenvalue weighted by atomic mass is 9.89. The largest absolute Gasteiger partial charge is 0.459 e. The average Bonchev–Trinajstić information content (AvgIpc) is 3.39. The van der Waals surface area contributed by atoms with E-state index in [4.69, 9.17) is 15.6 Å². The minimum absolute atomic E-state index is 0.0408. The van der Waals surface area contributed by atoms with Crippen molar-refractivity contribution in [3.8, 4) is 0 Å². The Morgan fingerprint density at radius 3 is 2.56 bits per heavy atom. The molecule has 2 atom stereocenters. The first-order valence-corrected chi connectivity index (χ1v) is 10.1. The number of carbonyl (C=O) groups excluding carboxylic acids is 2. The Morgan fingerprint density at radius 1 is 1.28 bits per heavy atom. The van der Waals surface area contributed by atoms with Gasteiger partial charge in [-0.3, -0.25) is 15.0 Å². The van der Waals surface area contributed by atoms with Crippen LogP contribution < -0.4 is 11.1 Å². The Hall–Kier alpha value is -3.61. The quantitative estimate of drug-likeness (QED) is 0.220. The number of furan rings is 1. The number of amidine groups is 1. The molecule has 13 heteroatoms. The summed E-state index contributed by atoms with van der Waals surface area (Å²) in [5.41, 5.74) is 6.77. The zero-order valence-corrected chi connectivity index (χ0v) is 16.9. The number of alkyl halides is 3. The molecule has 1 aliphatic heterocycles. The van der Waals surface area contributed by atoms with Crippen LogP contribution in [0.2, 0.25) is 0 Å². The van der Waals surface area contributed by atoms with E-state index in [9.17, 15) is 22.8 Å². The average molecular weight is 464 g/mol. The molecule has 0 spiro atoms. The maximum absolute atomic E-state index is 13.2. The first-order valence-electron chi connectivity index (χ1n) is 9.13. The van der Waals surface area contributed by atoms with Crippen molar-refractivity contribution in [1.82, 2.24) is 20.1 Å². The molecule has 9 nitrogen and oxygen atoms in total. The molecule has 1 saturated heterocycles. The number of hydrogen-bond donors (Lipinski definition) is 3. The number of rotatable bonds is 6. The number of amides is 1. The maximum Gasteiger partial charge on any atom is 0.402 e. The van der Waals surface area contributed by atoms with E-state index in [1.165, 1.54) is 18.4 Å². The Kier molecular flexibility index (Phi) is 5.50. The molecule has 0 aliphatic carbocycles. The van der Waals surface area contributed by atoms with Crippen molar-refractivity contribution in [2.75, 3.05) is 0 Å². The van der Waals surface area contributed by atoms with Gasteiger partial charge in [0.1, 0.15) is 11.9 Å². The number of thioether (sulfide) groups is 1. The van der Waals surface area contributed by atoms with Gasteiger partial charge in [-0.2, -0.15) is 17.9 Å². The summed E-state index contributed by atoms with van der Waals surface area (Å²) in [4.78, 5) is 28.3. The van der Waals surface area contributed by atoms with Gasteiger partial charge in [-0.15, -0.1) is 5.10 Å². The molecule has 0 saturated carbocycles.